The van der Waals surface area contributed by atoms with Gasteiger partial charge in [-0.05, 0) is 24.1 Å². The fraction of sp³-hybridized carbons (Fsp3) is 0.333. The zero-order valence-corrected chi connectivity index (χ0v) is 17.7. The van der Waals surface area contributed by atoms with E-state index in [2.05, 4.69) is 4.98 Å². The van der Waals surface area contributed by atoms with Gasteiger partial charge in [0.1, 0.15) is 5.75 Å². The van der Waals surface area contributed by atoms with Gasteiger partial charge in [0.05, 0.1) is 5.56 Å². The smallest absolute Gasteiger partial charge is 0.374 e. The number of aromatic nitrogens is 1. The lowest BCUT2D eigenvalue weighted by molar-refractivity contribution is -0.134. The lowest BCUT2D eigenvalue weighted by Gasteiger charge is -2.41. The van der Waals surface area contributed by atoms with Crippen LogP contribution in [0.25, 0.3) is 0 Å². The standard InChI is InChI=1S/C18H21NO9P2/c1-2-6-16(20)26-15-9-4-3-8-14(15)17-27-29(22,23)18(21,30(24,25)28-17)11-13-7-5-10-19-12-13/h3-5,7-10,12,17,21H,2,6,11H2,1H3,(H,22,23)(H,24,25). The molecule has 0 spiro atoms. The van der Waals surface area contributed by atoms with Gasteiger partial charge in [0, 0.05) is 25.2 Å². The Balaban J connectivity index is 1.94. The molecule has 1 aromatic carbocycles. The van der Waals surface area contributed by atoms with E-state index in [4.69, 9.17) is 13.8 Å². The summed E-state index contributed by atoms with van der Waals surface area (Å²) >= 11 is 0. The molecule has 0 saturated carbocycles. The van der Waals surface area contributed by atoms with Gasteiger partial charge in [-0.1, -0.05) is 31.2 Å². The molecule has 2 aromatic rings. The minimum atomic E-state index is -5.13. The van der Waals surface area contributed by atoms with E-state index >= 15 is 0 Å². The molecule has 0 aliphatic carbocycles. The molecule has 0 bridgehead atoms. The first-order chi connectivity index (χ1) is 14.1. The highest BCUT2D eigenvalue weighted by atomic mass is 31.2. The predicted octanol–water partition coefficient (Wildman–Crippen LogP) is 3.09. The van der Waals surface area contributed by atoms with Crippen molar-refractivity contribution in [3.05, 3.63) is 59.9 Å². The second-order valence-corrected chi connectivity index (χ2v) is 11.0. The molecule has 0 radical (unpaired) electrons. The average Bonchev–Trinajstić information content (AvgIpc) is 2.67. The minimum Gasteiger partial charge on any atom is -0.426 e. The van der Waals surface area contributed by atoms with Crippen LogP contribution in [0.4, 0.5) is 0 Å². The van der Waals surface area contributed by atoms with Crippen LogP contribution in [0.1, 0.15) is 37.2 Å². The van der Waals surface area contributed by atoms with Crippen molar-refractivity contribution in [3.8, 4) is 5.75 Å². The van der Waals surface area contributed by atoms with Crippen molar-refractivity contribution in [2.45, 2.75) is 37.6 Å². The molecule has 1 saturated heterocycles. The first-order valence-corrected chi connectivity index (χ1v) is 12.2. The third kappa shape index (κ3) is 4.40. The molecule has 1 aromatic heterocycles. The first-order valence-electron chi connectivity index (χ1n) is 9.03. The zero-order valence-electron chi connectivity index (χ0n) is 16.0. The highest BCUT2D eigenvalue weighted by molar-refractivity contribution is 7.73. The van der Waals surface area contributed by atoms with Crippen molar-refractivity contribution in [2.75, 3.05) is 0 Å². The highest BCUT2D eigenvalue weighted by Crippen LogP contribution is 2.79. The van der Waals surface area contributed by atoms with Crippen molar-refractivity contribution < 1.29 is 42.6 Å². The number of carbonyl (C=O) groups excluding carboxylic acids is 1. The average molecular weight is 457 g/mol. The molecule has 2 atom stereocenters. The summed E-state index contributed by atoms with van der Waals surface area (Å²) < 4.78 is 41.1. The Morgan fingerprint density at radius 1 is 1.17 bits per heavy atom. The van der Waals surface area contributed by atoms with Gasteiger partial charge in [0.2, 0.25) is 6.29 Å². The number of aliphatic hydroxyl groups is 1. The number of pyridine rings is 1. The monoisotopic (exact) mass is 457 g/mol. The third-order valence-corrected chi connectivity index (χ3v) is 8.99. The Labute approximate surface area is 172 Å². The summed E-state index contributed by atoms with van der Waals surface area (Å²) in [4.78, 5) is 36.5. The molecule has 1 aliphatic rings. The SMILES string of the molecule is CCCC(=O)Oc1ccccc1C1OP(=O)(O)C(O)(Cc2cccnc2)P(=O)(O)O1. The number of para-hydroxylation sites is 1. The molecule has 1 aliphatic heterocycles. The van der Waals surface area contributed by atoms with Gasteiger partial charge in [-0.2, -0.15) is 0 Å². The van der Waals surface area contributed by atoms with Crippen molar-refractivity contribution in [1.82, 2.24) is 4.98 Å². The zero-order chi connectivity index (χ0) is 22.0. The molecule has 162 valence electrons. The number of hydrogen-bond donors (Lipinski definition) is 3. The van der Waals surface area contributed by atoms with Gasteiger partial charge in [-0.15, -0.1) is 0 Å². The van der Waals surface area contributed by atoms with Gasteiger partial charge in [-0.25, -0.2) is 0 Å². The summed E-state index contributed by atoms with van der Waals surface area (Å²) in [6, 6.07) is 8.73. The Hall–Kier alpha value is -1.90. The third-order valence-electron chi connectivity index (χ3n) is 4.40. The summed E-state index contributed by atoms with van der Waals surface area (Å²) in [6.07, 6.45) is 0.843. The maximum atomic E-state index is 12.9. The van der Waals surface area contributed by atoms with Crippen LogP contribution >= 0.6 is 15.2 Å². The lowest BCUT2D eigenvalue weighted by atomic mass is 10.2. The maximum Gasteiger partial charge on any atom is 0.374 e. The van der Waals surface area contributed by atoms with Crippen LogP contribution in [0.15, 0.2) is 48.8 Å². The number of hydrogen-bond acceptors (Lipinski definition) is 8. The number of esters is 1. The first kappa shape index (κ1) is 22.8. The number of ether oxygens (including phenoxy) is 1. The molecule has 3 N–H and O–H groups in total. The fourth-order valence-electron chi connectivity index (χ4n) is 2.84. The Morgan fingerprint density at radius 3 is 2.43 bits per heavy atom. The molecule has 12 heteroatoms. The van der Waals surface area contributed by atoms with E-state index in [1.165, 1.54) is 48.8 Å². The van der Waals surface area contributed by atoms with E-state index in [0.29, 0.717) is 6.42 Å². The molecule has 2 heterocycles. The molecule has 10 nitrogen and oxygen atoms in total. The fourth-order valence-corrected chi connectivity index (χ4v) is 6.41. The number of rotatable bonds is 6. The lowest BCUT2D eigenvalue weighted by Crippen LogP contribution is -2.38. The number of carbonyl (C=O) groups is 1. The van der Waals surface area contributed by atoms with Crippen LogP contribution in [0, 0.1) is 0 Å². The van der Waals surface area contributed by atoms with Crippen LogP contribution < -0.4 is 4.74 Å². The van der Waals surface area contributed by atoms with Crippen molar-refractivity contribution in [1.29, 1.82) is 0 Å². The second kappa shape index (κ2) is 8.69. The molecule has 2 unspecified atom stereocenters. The maximum absolute atomic E-state index is 12.9. The normalized spacial score (nSPS) is 31.3. The van der Waals surface area contributed by atoms with Gasteiger partial charge >= 0.3 is 21.2 Å². The molecule has 3 rings (SSSR count). The van der Waals surface area contributed by atoms with Crippen LogP contribution in [0.3, 0.4) is 0 Å². The van der Waals surface area contributed by atoms with Gasteiger partial charge < -0.3 is 19.6 Å². The van der Waals surface area contributed by atoms with Crippen LogP contribution in [0.5, 0.6) is 5.75 Å². The minimum absolute atomic E-state index is 0.0473. The summed E-state index contributed by atoms with van der Waals surface area (Å²) in [6.45, 7) is 1.79. The molecule has 1 fully saturated rings. The van der Waals surface area contributed by atoms with Gasteiger partial charge in [0.15, 0.2) is 0 Å². The molecule has 0 amide bonds. The highest BCUT2D eigenvalue weighted by Gasteiger charge is 2.67. The summed E-state index contributed by atoms with van der Waals surface area (Å²) in [5.74, 6) is -0.619. The van der Waals surface area contributed by atoms with E-state index in [-0.39, 0.29) is 23.3 Å². The largest absolute Gasteiger partial charge is 0.426 e. The Bertz CT molecular complexity index is 988. The van der Waals surface area contributed by atoms with Crippen molar-refractivity contribution in [3.63, 3.8) is 0 Å². The molecular formula is C18H21NO9P2. The number of nitrogens with zero attached hydrogens (tertiary/aromatic N) is 1. The van der Waals surface area contributed by atoms with Gasteiger partial charge in [-0.3, -0.25) is 28.0 Å². The Morgan fingerprint density at radius 2 is 1.83 bits per heavy atom. The quantitative estimate of drug-likeness (QED) is 0.335. The van der Waals surface area contributed by atoms with Gasteiger partial charge in [0.25, 0.3) is 5.08 Å². The van der Waals surface area contributed by atoms with Crippen molar-refractivity contribution in [2.24, 2.45) is 0 Å². The van der Waals surface area contributed by atoms with Crippen LogP contribution in [0.2, 0.25) is 0 Å². The summed E-state index contributed by atoms with van der Waals surface area (Å²) in [5, 5.41) is 7.64. The predicted molar refractivity (Wildman–Crippen MR) is 104 cm³/mol. The van der Waals surface area contributed by atoms with E-state index in [1.54, 1.807) is 6.92 Å². The molecular weight excluding hydrogens is 436 g/mol. The van der Waals surface area contributed by atoms with E-state index in [9.17, 15) is 28.8 Å². The van der Waals surface area contributed by atoms with Crippen LogP contribution in [-0.2, 0) is 29.4 Å². The van der Waals surface area contributed by atoms with E-state index < -0.39 is 39.0 Å². The second-order valence-electron chi connectivity index (χ2n) is 6.66. The number of benzene rings is 1. The Kier molecular flexibility index (Phi) is 6.60. The summed E-state index contributed by atoms with van der Waals surface area (Å²) in [7, 11) is -10.3. The van der Waals surface area contributed by atoms with Crippen LogP contribution in [-0.4, -0.2) is 30.9 Å². The topological polar surface area (TPSA) is 152 Å². The molecule has 30 heavy (non-hydrogen) atoms. The van der Waals surface area contributed by atoms with E-state index in [1.807, 2.05) is 0 Å². The van der Waals surface area contributed by atoms with E-state index in [0.717, 1.165) is 0 Å². The van der Waals surface area contributed by atoms with Crippen molar-refractivity contribution >= 4 is 21.2 Å². The summed E-state index contributed by atoms with van der Waals surface area (Å²) in [5.41, 5.74) is 0.178.